The first-order valence-corrected chi connectivity index (χ1v) is 10.8. The number of fused-ring (bicyclic) bond motifs is 1. The Bertz CT molecular complexity index is 906. The van der Waals surface area contributed by atoms with E-state index in [2.05, 4.69) is 26.9 Å². The van der Waals surface area contributed by atoms with E-state index in [-0.39, 0.29) is 5.56 Å². The van der Waals surface area contributed by atoms with Gasteiger partial charge in [0.1, 0.15) is 0 Å². The van der Waals surface area contributed by atoms with Crippen molar-refractivity contribution in [3.63, 3.8) is 0 Å². The van der Waals surface area contributed by atoms with Gasteiger partial charge < -0.3 is 10.0 Å². The molecule has 6 heteroatoms. The van der Waals surface area contributed by atoms with Gasteiger partial charge in [0.25, 0.3) is 5.56 Å². The minimum absolute atomic E-state index is 0.0816. The molecule has 2 heterocycles. The van der Waals surface area contributed by atoms with Gasteiger partial charge in [-0.15, -0.1) is 0 Å². The molecular weight excluding hydrogens is 352 g/mol. The first-order chi connectivity index (χ1) is 13.6. The number of nitrogens with zero attached hydrogens (tertiary/aromatic N) is 4. The average molecular weight is 383 g/mol. The van der Waals surface area contributed by atoms with Crippen LogP contribution in [0.15, 0.2) is 29.3 Å². The Labute approximate surface area is 165 Å². The lowest BCUT2D eigenvalue weighted by Gasteiger charge is -2.39. The monoisotopic (exact) mass is 382 g/mol. The van der Waals surface area contributed by atoms with Crippen molar-refractivity contribution < 1.29 is 5.11 Å². The number of rotatable bonds is 5. The molecule has 5 rings (SSSR count). The van der Waals surface area contributed by atoms with E-state index >= 15 is 0 Å². The van der Waals surface area contributed by atoms with Crippen LogP contribution in [0, 0.1) is 5.92 Å². The number of aromatic nitrogens is 2. The molecule has 0 bridgehead atoms. The van der Waals surface area contributed by atoms with Crippen LogP contribution in [0.4, 0.5) is 5.69 Å². The molecule has 3 aliphatic rings. The van der Waals surface area contributed by atoms with E-state index < -0.39 is 5.60 Å². The predicted molar refractivity (Wildman–Crippen MR) is 111 cm³/mol. The molecular formula is C22H30N4O2. The lowest BCUT2D eigenvalue weighted by molar-refractivity contribution is 0.00803. The SMILES string of the molecule is O=c1c2ccc(N3CCN(CC4(O)CCCC4)CC3)cc2ncn1CC1CC1. The number of β-amino-alcohol motifs (C(OH)–C–C–N with tert-alkyl or cyclic N) is 1. The van der Waals surface area contributed by atoms with Crippen LogP contribution in [-0.2, 0) is 6.54 Å². The fourth-order valence-corrected chi connectivity index (χ4v) is 4.82. The van der Waals surface area contributed by atoms with Gasteiger partial charge in [0.2, 0.25) is 0 Å². The van der Waals surface area contributed by atoms with Gasteiger partial charge in [-0.25, -0.2) is 4.98 Å². The molecule has 28 heavy (non-hydrogen) atoms. The third kappa shape index (κ3) is 3.67. The third-order valence-electron chi connectivity index (χ3n) is 6.75. The summed E-state index contributed by atoms with van der Waals surface area (Å²) in [5.74, 6) is 0.662. The van der Waals surface area contributed by atoms with Gasteiger partial charge in [-0.05, 0) is 49.8 Å². The normalized spacial score (nSPS) is 22.8. The van der Waals surface area contributed by atoms with Gasteiger partial charge in [0.15, 0.2) is 0 Å². The van der Waals surface area contributed by atoms with Crippen LogP contribution >= 0.6 is 0 Å². The molecule has 0 spiro atoms. The van der Waals surface area contributed by atoms with Gasteiger partial charge in [0.05, 0.1) is 22.8 Å². The molecule has 1 saturated heterocycles. The van der Waals surface area contributed by atoms with E-state index in [9.17, 15) is 9.90 Å². The highest BCUT2D eigenvalue weighted by Gasteiger charge is 2.34. The van der Waals surface area contributed by atoms with Gasteiger partial charge in [-0.3, -0.25) is 14.3 Å². The summed E-state index contributed by atoms with van der Waals surface area (Å²) in [6, 6.07) is 6.06. The molecule has 1 aliphatic heterocycles. The zero-order chi connectivity index (χ0) is 19.1. The van der Waals surface area contributed by atoms with Crippen LogP contribution in [0.1, 0.15) is 38.5 Å². The van der Waals surface area contributed by atoms with Crippen molar-refractivity contribution in [2.24, 2.45) is 5.92 Å². The summed E-state index contributed by atoms with van der Waals surface area (Å²) in [6.45, 7) is 5.44. The van der Waals surface area contributed by atoms with E-state index in [1.165, 1.54) is 12.8 Å². The van der Waals surface area contributed by atoms with Crippen molar-refractivity contribution in [1.29, 1.82) is 0 Å². The molecule has 2 saturated carbocycles. The fourth-order valence-electron chi connectivity index (χ4n) is 4.82. The standard InChI is InChI=1S/C22H30N4O2/c27-21-19-6-5-18(13-20(19)23-16-26(21)14-17-3-4-17)25-11-9-24(10-12-25)15-22(28)7-1-2-8-22/h5-6,13,16-17,28H,1-4,7-12,14-15H2. The summed E-state index contributed by atoms with van der Waals surface area (Å²) >= 11 is 0. The molecule has 0 atom stereocenters. The van der Waals surface area contributed by atoms with Gasteiger partial charge in [-0.1, -0.05) is 12.8 Å². The lowest BCUT2D eigenvalue weighted by atomic mass is 10.0. The highest BCUT2D eigenvalue weighted by atomic mass is 16.3. The zero-order valence-corrected chi connectivity index (χ0v) is 16.5. The zero-order valence-electron chi connectivity index (χ0n) is 16.5. The second-order valence-corrected chi connectivity index (χ2v) is 9.04. The minimum Gasteiger partial charge on any atom is -0.389 e. The second-order valence-electron chi connectivity index (χ2n) is 9.04. The van der Waals surface area contributed by atoms with Crippen LogP contribution in [0.25, 0.3) is 10.9 Å². The van der Waals surface area contributed by atoms with E-state index in [1.54, 1.807) is 10.9 Å². The van der Waals surface area contributed by atoms with Crippen molar-refractivity contribution in [2.75, 3.05) is 37.6 Å². The van der Waals surface area contributed by atoms with E-state index in [1.807, 2.05) is 6.07 Å². The van der Waals surface area contributed by atoms with Crippen LogP contribution in [-0.4, -0.2) is 57.9 Å². The Morgan fingerprint density at radius 1 is 1.11 bits per heavy atom. The number of anilines is 1. The molecule has 2 aliphatic carbocycles. The minimum atomic E-state index is -0.463. The average Bonchev–Trinajstić information content (AvgIpc) is 3.43. The maximum Gasteiger partial charge on any atom is 0.261 e. The molecule has 6 nitrogen and oxygen atoms in total. The van der Waals surface area contributed by atoms with Crippen molar-refractivity contribution in [1.82, 2.24) is 14.5 Å². The number of benzene rings is 1. The quantitative estimate of drug-likeness (QED) is 0.859. The molecule has 3 fully saturated rings. The first kappa shape index (κ1) is 18.1. The summed E-state index contributed by atoms with van der Waals surface area (Å²) in [7, 11) is 0. The van der Waals surface area contributed by atoms with Crippen molar-refractivity contribution in [2.45, 2.75) is 50.7 Å². The molecule has 2 aromatic rings. The summed E-state index contributed by atoms with van der Waals surface area (Å²) in [4.78, 5) is 22.0. The highest BCUT2D eigenvalue weighted by Crippen LogP contribution is 2.31. The van der Waals surface area contributed by atoms with Gasteiger partial charge in [-0.2, -0.15) is 0 Å². The molecule has 0 unspecified atom stereocenters. The van der Waals surface area contributed by atoms with Crippen LogP contribution in [0.2, 0.25) is 0 Å². The summed E-state index contributed by atoms with van der Waals surface area (Å²) in [5.41, 5.74) is 1.55. The van der Waals surface area contributed by atoms with Crippen molar-refractivity contribution in [3.8, 4) is 0 Å². The number of hydrogen-bond acceptors (Lipinski definition) is 5. The largest absolute Gasteiger partial charge is 0.389 e. The number of hydrogen-bond donors (Lipinski definition) is 1. The van der Waals surface area contributed by atoms with Crippen molar-refractivity contribution in [3.05, 3.63) is 34.9 Å². The van der Waals surface area contributed by atoms with Gasteiger partial charge >= 0.3 is 0 Å². The van der Waals surface area contributed by atoms with Gasteiger partial charge in [0, 0.05) is 45.0 Å². The molecule has 1 aromatic heterocycles. The summed E-state index contributed by atoms with van der Waals surface area (Å²) in [5, 5.41) is 11.4. The number of aliphatic hydroxyl groups is 1. The second kappa shape index (κ2) is 7.16. The maximum atomic E-state index is 12.7. The van der Waals surface area contributed by atoms with Crippen LogP contribution in [0.3, 0.4) is 0 Å². The Balaban J connectivity index is 1.27. The van der Waals surface area contributed by atoms with Crippen LogP contribution in [0.5, 0.6) is 0 Å². The third-order valence-corrected chi connectivity index (χ3v) is 6.75. The maximum absolute atomic E-state index is 12.7. The lowest BCUT2D eigenvalue weighted by Crippen LogP contribution is -2.51. The molecule has 0 radical (unpaired) electrons. The molecule has 1 N–H and O–H groups in total. The number of piperazine rings is 1. The van der Waals surface area contributed by atoms with E-state index in [4.69, 9.17) is 0 Å². The molecule has 0 amide bonds. The smallest absolute Gasteiger partial charge is 0.261 e. The van der Waals surface area contributed by atoms with Crippen LogP contribution < -0.4 is 10.5 Å². The van der Waals surface area contributed by atoms with E-state index in [0.717, 1.165) is 76.2 Å². The van der Waals surface area contributed by atoms with E-state index in [0.29, 0.717) is 11.3 Å². The first-order valence-electron chi connectivity index (χ1n) is 10.8. The predicted octanol–water partition coefficient (Wildman–Crippen LogP) is 2.23. The van der Waals surface area contributed by atoms with Crippen molar-refractivity contribution >= 4 is 16.6 Å². The Morgan fingerprint density at radius 3 is 2.57 bits per heavy atom. The summed E-state index contributed by atoms with van der Waals surface area (Å²) < 4.78 is 1.77. The Morgan fingerprint density at radius 2 is 1.86 bits per heavy atom. The highest BCUT2D eigenvalue weighted by molar-refractivity contribution is 5.81. The fraction of sp³-hybridized carbons (Fsp3) is 0.636. The topological polar surface area (TPSA) is 61.6 Å². The Kier molecular flexibility index (Phi) is 4.63. The molecule has 150 valence electrons. The summed E-state index contributed by atoms with van der Waals surface area (Å²) in [6.07, 6.45) is 8.38. The molecule has 1 aromatic carbocycles. The Hall–Kier alpha value is -1.92.